The molecule has 150 valence electrons. The van der Waals surface area contributed by atoms with Gasteiger partial charge in [-0.1, -0.05) is 5.16 Å². The van der Waals surface area contributed by atoms with Gasteiger partial charge in [-0.05, 0) is 59.1 Å². The maximum atomic E-state index is 6.39. The van der Waals surface area contributed by atoms with E-state index in [1.54, 1.807) is 6.20 Å². The van der Waals surface area contributed by atoms with Gasteiger partial charge in [0.2, 0.25) is 0 Å². The van der Waals surface area contributed by atoms with Crippen LogP contribution in [-0.2, 0) is 5.54 Å². The smallest absolute Gasteiger partial charge is 0.258 e. The molecule has 1 aliphatic rings. The predicted molar refractivity (Wildman–Crippen MR) is 108 cm³/mol. The third kappa shape index (κ3) is 2.78. The summed E-state index contributed by atoms with van der Waals surface area (Å²) < 4.78 is 13.3. The van der Waals surface area contributed by atoms with E-state index in [-0.39, 0.29) is 6.04 Å². The lowest BCUT2D eigenvalue weighted by molar-refractivity contribution is 0.229. The van der Waals surface area contributed by atoms with Crippen molar-refractivity contribution in [1.82, 2.24) is 24.9 Å². The fraction of sp³-hybridized carbons (Fsp3) is 0.429. The summed E-state index contributed by atoms with van der Waals surface area (Å²) in [6.07, 6.45) is 4.65. The number of nitrogens with zero attached hydrogens (tertiary/aromatic N) is 5. The Morgan fingerprint density at radius 1 is 1.14 bits per heavy atom. The Hall–Kier alpha value is -3.00. The van der Waals surface area contributed by atoms with E-state index in [4.69, 9.17) is 19.7 Å². The van der Waals surface area contributed by atoms with Crippen molar-refractivity contribution >= 4 is 11.0 Å². The van der Waals surface area contributed by atoms with E-state index in [0.29, 0.717) is 11.7 Å². The molecule has 1 fully saturated rings. The lowest BCUT2D eigenvalue weighted by atomic mass is 9.77. The van der Waals surface area contributed by atoms with Crippen molar-refractivity contribution in [3.8, 4) is 22.7 Å². The van der Waals surface area contributed by atoms with Crippen LogP contribution in [0, 0.1) is 13.8 Å². The molecule has 4 aromatic rings. The molecule has 0 spiro atoms. The second-order valence-electron chi connectivity index (χ2n) is 8.23. The third-order valence-electron chi connectivity index (χ3n) is 5.72. The number of aromatic nitrogens is 5. The molecule has 0 aliphatic heterocycles. The van der Waals surface area contributed by atoms with Crippen molar-refractivity contribution in [2.75, 3.05) is 0 Å². The molecule has 0 atom stereocenters. The summed E-state index contributed by atoms with van der Waals surface area (Å²) in [5, 5.41) is 9.59. The fourth-order valence-electron chi connectivity index (χ4n) is 3.91. The maximum absolute atomic E-state index is 6.39. The van der Waals surface area contributed by atoms with Gasteiger partial charge in [-0.2, -0.15) is 10.1 Å². The third-order valence-corrected chi connectivity index (χ3v) is 5.72. The summed E-state index contributed by atoms with van der Waals surface area (Å²) in [5.41, 5.74) is 9.22. The molecule has 29 heavy (non-hydrogen) atoms. The Morgan fingerprint density at radius 2 is 1.93 bits per heavy atom. The first-order chi connectivity index (χ1) is 13.9. The molecule has 0 amide bonds. The number of pyridine rings is 1. The van der Waals surface area contributed by atoms with Gasteiger partial charge in [-0.15, -0.1) is 0 Å². The number of hydrogen-bond acceptors (Lipinski definition) is 7. The van der Waals surface area contributed by atoms with Crippen LogP contribution >= 0.6 is 0 Å². The Morgan fingerprint density at radius 3 is 2.55 bits per heavy atom. The molecule has 0 radical (unpaired) electrons. The number of nitrogens with two attached hydrogens (primary N) is 1. The van der Waals surface area contributed by atoms with Crippen LogP contribution in [0.1, 0.15) is 56.5 Å². The normalized spacial score (nSPS) is 15.9. The van der Waals surface area contributed by atoms with Crippen molar-refractivity contribution in [2.24, 2.45) is 5.73 Å². The Labute approximate surface area is 168 Å². The number of furan rings is 1. The topological polar surface area (TPSA) is 109 Å². The molecule has 1 aliphatic carbocycles. The Balaban J connectivity index is 1.73. The van der Waals surface area contributed by atoms with Crippen LogP contribution in [-0.4, -0.2) is 24.9 Å². The minimum Gasteiger partial charge on any atom is -0.466 e. The average molecular weight is 392 g/mol. The van der Waals surface area contributed by atoms with Gasteiger partial charge in [0.1, 0.15) is 11.5 Å². The lowest BCUT2D eigenvalue weighted by Crippen LogP contribution is -2.44. The van der Waals surface area contributed by atoms with E-state index < -0.39 is 5.54 Å². The van der Waals surface area contributed by atoms with Crippen LogP contribution in [0.25, 0.3) is 33.7 Å². The van der Waals surface area contributed by atoms with Crippen LogP contribution in [0.4, 0.5) is 0 Å². The first-order valence-electron chi connectivity index (χ1n) is 9.95. The highest BCUT2D eigenvalue weighted by Gasteiger charge is 2.39. The average Bonchev–Trinajstić information content (AvgIpc) is 3.36. The highest BCUT2D eigenvalue weighted by Crippen LogP contribution is 2.39. The molecule has 0 aromatic carbocycles. The molecule has 8 heteroatoms. The summed E-state index contributed by atoms with van der Waals surface area (Å²) in [6, 6.07) is 4.12. The van der Waals surface area contributed by atoms with E-state index in [1.165, 1.54) is 0 Å². The zero-order valence-electron chi connectivity index (χ0n) is 17.1. The zero-order valence-corrected chi connectivity index (χ0v) is 17.1. The van der Waals surface area contributed by atoms with E-state index in [1.807, 2.05) is 30.7 Å². The van der Waals surface area contributed by atoms with Gasteiger partial charge >= 0.3 is 0 Å². The first kappa shape index (κ1) is 18.1. The largest absolute Gasteiger partial charge is 0.466 e. The van der Waals surface area contributed by atoms with E-state index in [0.717, 1.165) is 58.6 Å². The van der Waals surface area contributed by atoms with E-state index >= 15 is 0 Å². The van der Waals surface area contributed by atoms with Gasteiger partial charge in [0.05, 0.1) is 28.4 Å². The lowest BCUT2D eigenvalue weighted by Gasteiger charge is -2.34. The minimum absolute atomic E-state index is 0.163. The number of rotatable bonds is 4. The summed E-state index contributed by atoms with van der Waals surface area (Å²) in [7, 11) is 0. The Bertz CT molecular complexity index is 1210. The monoisotopic (exact) mass is 392 g/mol. The molecule has 5 rings (SSSR count). The zero-order chi connectivity index (χ0) is 20.3. The summed E-state index contributed by atoms with van der Waals surface area (Å²) in [6.45, 7) is 8.02. The number of hydrogen-bond donors (Lipinski definition) is 1. The molecule has 2 N–H and O–H groups in total. The molecule has 4 heterocycles. The van der Waals surface area contributed by atoms with Crippen LogP contribution in [0.2, 0.25) is 0 Å². The van der Waals surface area contributed by atoms with Crippen LogP contribution in [0.5, 0.6) is 0 Å². The standard InChI is InChI=1S/C21H24N6O2/c1-11(2)27-18-16(10-23-27)15(9-17(24-18)14-8-12(3)28-13(14)4)19-25-20(26-29-19)21(22)6-5-7-21/h8-11H,5-7,22H2,1-4H3. The van der Waals surface area contributed by atoms with Crippen molar-refractivity contribution in [1.29, 1.82) is 0 Å². The molecule has 4 aromatic heterocycles. The summed E-state index contributed by atoms with van der Waals surface area (Å²) in [4.78, 5) is 9.55. The number of fused-ring (bicyclic) bond motifs is 1. The van der Waals surface area contributed by atoms with Gasteiger partial charge in [0.25, 0.3) is 5.89 Å². The van der Waals surface area contributed by atoms with Crippen molar-refractivity contribution in [2.45, 2.75) is 58.5 Å². The SMILES string of the molecule is Cc1cc(-c2cc(-c3nc(C4(N)CCC4)no3)c3cnn(C(C)C)c3n2)c(C)o1. The predicted octanol–water partition coefficient (Wildman–Crippen LogP) is 4.28. The van der Waals surface area contributed by atoms with Crippen LogP contribution in [0.3, 0.4) is 0 Å². The van der Waals surface area contributed by atoms with Gasteiger partial charge in [-0.25, -0.2) is 9.67 Å². The molecule has 8 nitrogen and oxygen atoms in total. The first-order valence-corrected chi connectivity index (χ1v) is 9.95. The molecular formula is C21H24N6O2. The van der Waals surface area contributed by atoms with Gasteiger partial charge in [-0.3, -0.25) is 0 Å². The van der Waals surface area contributed by atoms with E-state index in [9.17, 15) is 0 Å². The Kier molecular flexibility index (Phi) is 3.89. The van der Waals surface area contributed by atoms with Crippen LogP contribution in [0.15, 0.2) is 27.3 Å². The fourth-order valence-corrected chi connectivity index (χ4v) is 3.91. The molecule has 0 unspecified atom stereocenters. The van der Waals surface area contributed by atoms with Gasteiger partial charge < -0.3 is 14.7 Å². The second kappa shape index (κ2) is 6.25. The molecular weight excluding hydrogens is 368 g/mol. The van der Waals surface area contributed by atoms with Crippen molar-refractivity contribution < 1.29 is 8.94 Å². The highest BCUT2D eigenvalue weighted by atomic mass is 16.5. The number of aryl methyl sites for hydroxylation is 2. The van der Waals surface area contributed by atoms with Gasteiger partial charge in [0.15, 0.2) is 11.5 Å². The summed E-state index contributed by atoms with van der Waals surface area (Å²) >= 11 is 0. The highest BCUT2D eigenvalue weighted by molar-refractivity contribution is 5.93. The molecule has 0 bridgehead atoms. The molecule has 1 saturated carbocycles. The second-order valence-corrected chi connectivity index (χ2v) is 8.23. The quantitative estimate of drug-likeness (QED) is 0.552. The minimum atomic E-state index is -0.475. The molecule has 0 saturated heterocycles. The van der Waals surface area contributed by atoms with Gasteiger partial charge in [0, 0.05) is 11.6 Å². The van der Waals surface area contributed by atoms with Crippen LogP contribution < -0.4 is 5.73 Å². The maximum Gasteiger partial charge on any atom is 0.258 e. The van der Waals surface area contributed by atoms with E-state index in [2.05, 4.69) is 29.1 Å². The van der Waals surface area contributed by atoms with Crippen molar-refractivity contribution in [3.63, 3.8) is 0 Å². The van der Waals surface area contributed by atoms with Crippen molar-refractivity contribution in [3.05, 3.63) is 35.7 Å². The summed E-state index contributed by atoms with van der Waals surface area (Å²) in [5.74, 6) is 2.66.